The van der Waals surface area contributed by atoms with Gasteiger partial charge in [0.05, 0.1) is 6.20 Å². The number of likely N-dealkylation sites (tertiary alicyclic amines) is 1. The molecule has 0 radical (unpaired) electrons. The Labute approximate surface area is 115 Å². The second kappa shape index (κ2) is 5.33. The number of nitrogens with zero attached hydrogens (tertiary/aromatic N) is 3. The van der Waals surface area contributed by atoms with Gasteiger partial charge in [0.1, 0.15) is 6.04 Å². The molecule has 1 aliphatic heterocycles. The Balaban J connectivity index is 2.06. The Morgan fingerprint density at radius 2 is 2.05 bits per heavy atom. The maximum atomic E-state index is 12.6. The molecule has 0 bridgehead atoms. The summed E-state index contributed by atoms with van der Waals surface area (Å²) in [5, 5.41) is 7.25. The summed E-state index contributed by atoms with van der Waals surface area (Å²) in [5.74, 6) is 0.158. The standard InChI is InChI=1S/C14H24N4O/c1-14(2)5-7-18(8-6-14)13(19)12(15-3)11-9-16-17(4)10-11/h9-10,12,15H,5-8H2,1-4H3. The van der Waals surface area contributed by atoms with Crippen LogP contribution in [0.2, 0.25) is 0 Å². The van der Waals surface area contributed by atoms with Crippen molar-refractivity contribution in [2.24, 2.45) is 12.5 Å². The fraction of sp³-hybridized carbons (Fsp3) is 0.714. The molecule has 0 aromatic carbocycles. The molecule has 19 heavy (non-hydrogen) atoms. The summed E-state index contributed by atoms with van der Waals surface area (Å²) in [6.45, 7) is 6.24. The van der Waals surface area contributed by atoms with Gasteiger partial charge in [-0.2, -0.15) is 5.10 Å². The van der Waals surface area contributed by atoms with E-state index >= 15 is 0 Å². The summed E-state index contributed by atoms with van der Waals surface area (Å²) < 4.78 is 1.73. The number of rotatable bonds is 3. The molecule has 2 heterocycles. The van der Waals surface area contributed by atoms with Crippen LogP contribution in [0.15, 0.2) is 12.4 Å². The van der Waals surface area contributed by atoms with E-state index < -0.39 is 0 Å². The average molecular weight is 264 g/mol. The minimum absolute atomic E-state index is 0.158. The predicted molar refractivity (Wildman–Crippen MR) is 74.6 cm³/mol. The van der Waals surface area contributed by atoms with Crippen molar-refractivity contribution in [1.29, 1.82) is 0 Å². The number of piperidine rings is 1. The van der Waals surface area contributed by atoms with Gasteiger partial charge in [-0.05, 0) is 25.3 Å². The lowest BCUT2D eigenvalue weighted by Gasteiger charge is -2.38. The van der Waals surface area contributed by atoms with Crippen molar-refractivity contribution in [1.82, 2.24) is 20.0 Å². The van der Waals surface area contributed by atoms with Crippen molar-refractivity contribution in [3.63, 3.8) is 0 Å². The lowest BCUT2D eigenvalue weighted by molar-refractivity contribution is -0.135. The SMILES string of the molecule is CNC(C(=O)N1CCC(C)(C)CC1)c1cnn(C)c1. The van der Waals surface area contributed by atoms with Crippen molar-refractivity contribution >= 4 is 5.91 Å². The molecule has 1 atom stereocenters. The molecule has 1 aromatic heterocycles. The first-order valence-electron chi connectivity index (χ1n) is 6.87. The van der Waals surface area contributed by atoms with Crippen LogP contribution in [0.3, 0.4) is 0 Å². The first kappa shape index (κ1) is 14.1. The summed E-state index contributed by atoms with van der Waals surface area (Å²) >= 11 is 0. The van der Waals surface area contributed by atoms with E-state index in [2.05, 4.69) is 24.3 Å². The molecule has 5 heteroatoms. The molecule has 106 valence electrons. The topological polar surface area (TPSA) is 50.2 Å². The number of likely N-dealkylation sites (N-methyl/N-ethyl adjacent to an activating group) is 1. The van der Waals surface area contributed by atoms with Gasteiger partial charge in [0, 0.05) is 31.9 Å². The molecule has 1 fully saturated rings. The maximum absolute atomic E-state index is 12.6. The molecule has 1 aliphatic rings. The number of nitrogens with one attached hydrogen (secondary N) is 1. The summed E-state index contributed by atoms with van der Waals surface area (Å²) in [6, 6.07) is -0.282. The zero-order valence-corrected chi connectivity index (χ0v) is 12.3. The summed E-state index contributed by atoms with van der Waals surface area (Å²) in [7, 11) is 3.69. The lowest BCUT2D eigenvalue weighted by atomic mass is 9.82. The first-order chi connectivity index (χ1) is 8.93. The molecule has 2 rings (SSSR count). The molecule has 1 saturated heterocycles. The van der Waals surface area contributed by atoms with Crippen LogP contribution < -0.4 is 5.32 Å². The normalized spacial score (nSPS) is 20.3. The van der Waals surface area contributed by atoms with Gasteiger partial charge in [-0.1, -0.05) is 13.8 Å². The molecule has 0 spiro atoms. The van der Waals surface area contributed by atoms with E-state index in [0.717, 1.165) is 31.5 Å². The van der Waals surface area contributed by atoms with Crippen molar-refractivity contribution in [3.05, 3.63) is 18.0 Å². The van der Waals surface area contributed by atoms with E-state index in [1.165, 1.54) is 0 Å². The zero-order chi connectivity index (χ0) is 14.0. The van der Waals surface area contributed by atoms with E-state index in [9.17, 15) is 4.79 Å². The van der Waals surface area contributed by atoms with Gasteiger partial charge < -0.3 is 10.2 Å². The Bertz CT molecular complexity index is 442. The van der Waals surface area contributed by atoms with Crippen LogP contribution in [0.5, 0.6) is 0 Å². The van der Waals surface area contributed by atoms with Crippen molar-refractivity contribution in [2.75, 3.05) is 20.1 Å². The third kappa shape index (κ3) is 3.15. The van der Waals surface area contributed by atoms with Crippen molar-refractivity contribution < 1.29 is 4.79 Å². The van der Waals surface area contributed by atoms with Crippen LogP contribution >= 0.6 is 0 Å². The number of hydrogen-bond donors (Lipinski definition) is 1. The number of hydrogen-bond acceptors (Lipinski definition) is 3. The van der Waals surface area contributed by atoms with E-state index in [4.69, 9.17) is 0 Å². The first-order valence-corrected chi connectivity index (χ1v) is 6.87. The molecule has 5 nitrogen and oxygen atoms in total. The van der Waals surface area contributed by atoms with Gasteiger partial charge in [0.2, 0.25) is 5.91 Å². The smallest absolute Gasteiger partial charge is 0.244 e. The highest BCUT2D eigenvalue weighted by atomic mass is 16.2. The zero-order valence-electron chi connectivity index (χ0n) is 12.3. The highest BCUT2D eigenvalue weighted by molar-refractivity contribution is 5.83. The molecule has 1 aromatic rings. The van der Waals surface area contributed by atoms with E-state index in [1.807, 2.05) is 25.2 Å². The minimum Gasteiger partial charge on any atom is -0.341 e. The summed E-state index contributed by atoms with van der Waals surface area (Å²) in [4.78, 5) is 14.5. The predicted octanol–water partition coefficient (Wildman–Crippen LogP) is 1.33. The van der Waals surface area contributed by atoms with Crippen LogP contribution in [0.1, 0.15) is 38.3 Å². The van der Waals surface area contributed by atoms with Crippen LogP contribution in [0.4, 0.5) is 0 Å². The third-order valence-corrected chi connectivity index (χ3v) is 4.02. The minimum atomic E-state index is -0.282. The molecule has 0 aliphatic carbocycles. The Morgan fingerprint density at radius 3 is 2.53 bits per heavy atom. The van der Waals surface area contributed by atoms with Gasteiger partial charge in [-0.25, -0.2) is 0 Å². The molecule has 1 N–H and O–H groups in total. The van der Waals surface area contributed by atoms with Crippen LogP contribution in [-0.2, 0) is 11.8 Å². The number of carbonyl (C=O) groups is 1. The number of carbonyl (C=O) groups excluding carboxylic acids is 1. The molecule has 1 amide bonds. The van der Waals surface area contributed by atoms with Gasteiger partial charge in [-0.3, -0.25) is 9.48 Å². The molecule has 1 unspecified atom stereocenters. The van der Waals surface area contributed by atoms with Crippen LogP contribution in [-0.4, -0.2) is 40.7 Å². The summed E-state index contributed by atoms with van der Waals surface area (Å²) in [6.07, 6.45) is 5.80. The largest absolute Gasteiger partial charge is 0.341 e. The van der Waals surface area contributed by atoms with Crippen molar-refractivity contribution in [3.8, 4) is 0 Å². The second-order valence-corrected chi connectivity index (χ2v) is 6.16. The third-order valence-electron chi connectivity index (χ3n) is 4.02. The number of aryl methyl sites for hydroxylation is 1. The highest BCUT2D eigenvalue weighted by Crippen LogP contribution is 2.30. The van der Waals surface area contributed by atoms with E-state index in [-0.39, 0.29) is 11.9 Å². The Kier molecular flexibility index (Phi) is 3.94. The second-order valence-electron chi connectivity index (χ2n) is 6.16. The fourth-order valence-electron chi connectivity index (χ4n) is 2.54. The van der Waals surface area contributed by atoms with E-state index in [1.54, 1.807) is 10.9 Å². The van der Waals surface area contributed by atoms with Crippen LogP contribution in [0, 0.1) is 5.41 Å². The lowest BCUT2D eigenvalue weighted by Crippen LogP contribution is -2.45. The quantitative estimate of drug-likeness (QED) is 0.896. The summed E-state index contributed by atoms with van der Waals surface area (Å²) in [5.41, 5.74) is 1.29. The Hall–Kier alpha value is -1.36. The Morgan fingerprint density at radius 1 is 1.42 bits per heavy atom. The van der Waals surface area contributed by atoms with Crippen molar-refractivity contribution in [2.45, 2.75) is 32.7 Å². The number of amides is 1. The van der Waals surface area contributed by atoms with Gasteiger partial charge in [0.15, 0.2) is 0 Å². The number of aromatic nitrogens is 2. The highest BCUT2D eigenvalue weighted by Gasteiger charge is 2.31. The molecule has 0 saturated carbocycles. The van der Waals surface area contributed by atoms with Crippen LogP contribution in [0.25, 0.3) is 0 Å². The van der Waals surface area contributed by atoms with E-state index in [0.29, 0.717) is 5.41 Å². The fourth-order valence-corrected chi connectivity index (χ4v) is 2.54. The van der Waals surface area contributed by atoms with Gasteiger partial charge in [-0.15, -0.1) is 0 Å². The van der Waals surface area contributed by atoms with Gasteiger partial charge >= 0.3 is 0 Å². The maximum Gasteiger partial charge on any atom is 0.244 e. The van der Waals surface area contributed by atoms with Gasteiger partial charge in [0.25, 0.3) is 0 Å². The monoisotopic (exact) mass is 264 g/mol. The molecular formula is C14H24N4O. The average Bonchev–Trinajstić information content (AvgIpc) is 2.76. The molecular weight excluding hydrogens is 240 g/mol.